The molecule has 0 fully saturated rings. The lowest BCUT2D eigenvalue weighted by Crippen LogP contribution is -2.21. The number of rotatable bonds is 6. The fourth-order valence-corrected chi connectivity index (χ4v) is 2.31. The van der Waals surface area contributed by atoms with Crippen molar-refractivity contribution in [1.29, 1.82) is 0 Å². The van der Waals surface area contributed by atoms with Crippen LogP contribution in [0.4, 0.5) is 0 Å². The van der Waals surface area contributed by atoms with Gasteiger partial charge in [0.2, 0.25) is 0 Å². The fraction of sp³-hybridized carbons (Fsp3) is 0.353. The van der Waals surface area contributed by atoms with Crippen molar-refractivity contribution in [2.45, 2.75) is 39.3 Å². The quantitative estimate of drug-likeness (QED) is 0.857. The number of hydrogen-bond acceptors (Lipinski definition) is 3. The molecule has 0 radical (unpaired) electrons. The molecule has 0 amide bonds. The maximum absolute atomic E-state index is 6.07. The number of ether oxygens (including phenoxy) is 1. The summed E-state index contributed by atoms with van der Waals surface area (Å²) < 4.78 is 6.90. The van der Waals surface area contributed by atoms with Crippen LogP contribution in [0.3, 0.4) is 0 Å². The maximum Gasteiger partial charge on any atom is 0.130 e. The van der Waals surface area contributed by atoms with Crippen molar-refractivity contribution in [1.82, 2.24) is 4.98 Å². The number of aromatic nitrogens is 1. The summed E-state index contributed by atoms with van der Waals surface area (Å²) in [4.78, 5) is 4.32. The molecule has 21 heavy (non-hydrogen) atoms. The van der Waals surface area contributed by atoms with Crippen LogP contribution >= 0.6 is 15.9 Å². The molecule has 0 aliphatic rings. The summed E-state index contributed by atoms with van der Waals surface area (Å²) in [5.41, 5.74) is 9.37. The molecule has 2 rings (SSSR count). The molecule has 2 aromatic rings. The van der Waals surface area contributed by atoms with E-state index in [1.165, 1.54) is 11.1 Å². The molecule has 0 saturated carbocycles. The van der Waals surface area contributed by atoms with Gasteiger partial charge in [0.15, 0.2) is 0 Å². The lowest BCUT2D eigenvalue weighted by Gasteiger charge is -2.15. The van der Waals surface area contributed by atoms with Gasteiger partial charge in [-0.1, -0.05) is 24.6 Å². The molecule has 112 valence electrons. The number of halogens is 1. The second kappa shape index (κ2) is 7.57. The summed E-state index contributed by atoms with van der Waals surface area (Å²) in [5, 5.41) is 0. The number of nitrogens with two attached hydrogens (primary N) is 1. The van der Waals surface area contributed by atoms with E-state index in [0.717, 1.165) is 28.8 Å². The molecule has 4 heteroatoms. The Labute approximate surface area is 134 Å². The monoisotopic (exact) mass is 348 g/mol. The Morgan fingerprint density at radius 2 is 2.10 bits per heavy atom. The van der Waals surface area contributed by atoms with Crippen molar-refractivity contribution in [3.05, 3.63) is 57.8 Å². The number of pyridine rings is 1. The Morgan fingerprint density at radius 1 is 1.29 bits per heavy atom. The Bertz CT molecular complexity index is 584. The van der Waals surface area contributed by atoms with Crippen LogP contribution in [0, 0.1) is 6.92 Å². The highest BCUT2D eigenvalue weighted by Gasteiger charge is 2.09. The second-order valence-corrected chi connectivity index (χ2v) is 6.16. The Kier molecular flexibility index (Phi) is 5.76. The largest absolute Gasteiger partial charge is 0.487 e. The molecule has 3 nitrogen and oxygen atoms in total. The van der Waals surface area contributed by atoms with Crippen LogP contribution in [0.1, 0.15) is 30.2 Å². The molecule has 1 aromatic heterocycles. The van der Waals surface area contributed by atoms with Gasteiger partial charge in [-0.05, 0) is 59.5 Å². The van der Waals surface area contributed by atoms with E-state index in [-0.39, 0.29) is 6.04 Å². The lowest BCUT2D eigenvalue weighted by molar-refractivity contribution is 0.297. The van der Waals surface area contributed by atoms with Gasteiger partial charge in [0.25, 0.3) is 0 Å². The standard InChI is InChI=1S/C17H21BrN2O/c1-3-15(19)9-13-8-12(2)4-7-17(13)21-11-16-6-5-14(18)10-20-16/h4-8,10,15H,3,9,11,19H2,1-2H3. The van der Waals surface area contributed by atoms with Crippen molar-refractivity contribution >= 4 is 15.9 Å². The van der Waals surface area contributed by atoms with Gasteiger partial charge in [-0.2, -0.15) is 0 Å². The highest BCUT2D eigenvalue weighted by Crippen LogP contribution is 2.23. The molecule has 1 heterocycles. The third kappa shape index (κ3) is 4.83. The first-order valence-corrected chi connectivity index (χ1v) is 7.96. The summed E-state index contributed by atoms with van der Waals surface area (Å²) >= 11 is 3.38. The molecular weight excluding hydrogens is 328 g/mol. The summed E-state index contributed by atoms with van der Waals surface area (Å²) in [6.45, 7) is 4.65. The average molecular weight is 349 g/mol. The summed E-state index contributed by atoms with van der Waals surface area (Å²) in [7, 11) is 0. The molecule has 0 saturated heterocycles. The third-order valence-electron chi connectivity index (χ3n) is 3.39. The van der Waals surface area contributed by atoms with E-state index in [1.807, 2.05) is 18.2 Å². The minimum atomic E-state index is 0.167. The number of benzene rings is 1. The lowest BCUT2D eigenvalue weighted by atomic mass is 10.0. The predicted octanol–water partition coefficient (Wildman–Crippen LogP) is 4.01. The molecule has 2 N–H and O–H groups in total. The van der Waals surface area contributed by atoms with E-state index in [0.29, 0.717) is 6.61 Å². The summed E-state index contributed by atoms with van der Waals surface area (Å²) in [6.07, 6.45) is 3.57. The highest BCUT2D eigenvalue weighted by molar-refractivity contribution is 9.10. The first-order valence-electron chi connectivity index (χ1n) is 7.17. The number of hydrogen-bond donors (Lipinski definition) is 1. The molecule has 0 aliphatic carbocycles. The second-order valence-electron chi connectivity index (χ2n) is 5.24. The molecular formula is C17H21BrN2O. The van der Waals surface area contributed by atoms with Gasteiger partial charge in [0.05, 0.1) is 5.69 Å². The van der Waals surface area contributed by atoms with Crippen molar-refractivity contribution in [2.75, 3.05) is 0 Å². The normalized spacial score (nSPS) is 12.2. The van der Waals surface area contributed by atoms with Crippen molar-refractivity contribution in [3.63, 3.8) is 0 Å². The summed E-state index contributed by atoms with van der Waals surface area (Å²) in [5.74, 6) is 0.897. The third-order valence-corrected chi connectivity index (χ3v) is 3.86. The van der Waals surface area contributed by atoms with E-state index >= 15 is 0 Å². The van der Waals surface area contributed by atoms with E-state index in [2.05, 4.69) is 46.9 Å². The van der Waals surface area contributed by atoms with Crippen molar-refractivity contribution in [2.24, 2.45) is 5.73 Å². The van der Waals surface area contributed by atoms with Crippen LogP contribution in [-0.2, 0) is 13.0 Å². The molecule has 0 bridgehead atoms. The molecule has 1 unspecified atom stereocenters. The van der Waals surface area contributed by atoms with Gasteiger partial charge >= 0.3 is 0 Å². The topological polar surface area (TPSA) is 48.1 Å². The van der Waals surface area contributed by atoms with Crippen LogP contribution in [0.25, 0.3) is 0 Å². The van der Waals surface area contributed by atoms with E-state index in [4.69, 9.17) is 10.5 Å². The van der Waals surface area contributed by atoms with Gasteiger partial charge in [-0.25, -0.2) is 0 Å². The van der Waals surface area contributed by atoms with E-state index in [9.17, 15) is 0 Å². The van der Waals surface area contributed by atoms with Crippen LogP contribution in [0.5, 0.6) is 5.75 Å². The SMILES string of the molecule is CCC(N)Cc1cc(C)ccc1OCc1ccc(Br)cn1. The Morgan fingerprint density at radius 3 is 2.76 bits per heavy atom. The smallest absolute Gasteiger partial charge is 0.130 e. The molecule has 0 aliphatic heterocycles. The Balaban J connectivity index is 2.09. The Hall–Kier alpha value is -1.39. The van der Waals surface area contributed by atoms with Gasteiger partial charge in [-0.15, -0.1) is 0 Å². The van der Waals surface area contributed by atoms with Crippen LogP contribution in [-0.4, -0.2) is 11.0 Å². The van der Waals surface area contributed by atoms with Gasteiger partial charge in [0, 0.05) is 16.7 Å². The van der Waals surface area contributed by atoms with Crippen LogP contribution in [0.15, 0.2) is 41.0 Å². The zero-order valence-electron chi connectivity index (χ0n) is 12.5. The fourth-order valence-electron chi connectivity index (χ4n) is 2.08. The minimum Gasteiger partial charge on any atom is -0.487 e. The van der Waals surface area contributed by atoms with E-state index in [1.54, 1.807) is 6.20 Å². The highest BCUT2D eigenvalue weighted by atomic mass is 79.9. The van der Waals surface area contributed by atoms with Crippen LogP contribution in [0.2, 0.25) is 0 Å². The van der Waals surface area contributed by atoms with E-state index < -0.39 is 0 Å². The first kappa shape index (κ1) is 16.0. The maximum atomic E-state index is 6.07. The van der Waals surface area contributed by atoms with Gasteiger partial charge in [0.1, 0.15) is 12.4 Å². The molecule has 1 aromatic carbocycles. The first-order chi connectivity index (χ1) is 10.1. The van der Waals surface area contributed by atoms with Crippen molar-refractivity contribution in [3.8, 4) is 5.75 Å². The summed E-state index contributed by atoms with van der Waals surface area (Å²) in [6, 6.07) is 10.3. The molecule has 1 atom stereocenters. The zero-order chi connectivity index (χ0) is 15.2. The van der Waals surface area contributed by atoms with Gasteiger partial charge in [-0.3, -0.25) is 4.98 Å². The number of nitrogens with zero attached hydrogens (tertiary/aromatic N) is 1. The molecule has 0 spiro atoms. The van der Waals surface area contributed by atoms with Crippen LogP contribution < -0.4 is 10.5 Å². The zero-order valence-corrected chi connectivity index (χ0v) is 14.1. The van der Waals surface area contributed by atoms with Gasteiger partial charge < -0.3 is 10.5 Å². The number of aryl methyl sites for hydroxylation is 1. The van der Waals surface area contributed by atoms with Crippen molar-refractivity contribution < 1.29 is 4.74 Å². The average Bonchev–Trinajstić information content (AvgIpc) is 2.48. The minimum absolute atomic E-state index is 0.167. The predicted molar refractivity (Wildman–Crippen MR) is 89.4 cm³/mol.